The number of aromatic nitrogens is 1. The Hall–Kier alpha value is -3.65. The molecular weight excluding hydrogens is 521 g/mol. The Morgan fingerprint density at radius 3 is 2.58 bits per heavy atom. The predicted octanol–water partition coefficient (Wildman–Crippen LogP) is 4.72. The van der Waals surface area contributed by atoms with Crippen LogP contribution in [-0.4, -0.2) is 55.1 Å². The molecule has 0 radical (unpaired) electrons. The molecule has 1 fully saturated rings. The molecule has 9 nitrogen and oxygen atoms in total. The Morgan fingerprint density at radius 1 is 1.19 bits per heavy atom. The summed E-state index contributed by atoms with van der Waals surface area (Å²) < 4.78 is 49.2. The van der Waals surface area contributed by atoms with E-state index in [-0.39, 0.29) is 23.8 Å². The van der Waals surface area contributed by atoms with Crippen LogP contribution in [0.5, 0.6) is 11.5 Å². The number of anilines is 3. The van der Waals surface area contributed by atoms with E-state index in [0.29, 0.717) is 40.4 Å². The smallest absolute Gasteiger partial charge is 0.495 e. The Morgan fingerprint density at radius 2 is 1.94 bits per heavy atom. The van der Waals surface area contributed by atoms with Gasteiger partial charge in [-0.1, -0.05) is 0 Å². The lowest BCUT2D eigenvalue weighted by molar-refractivity contribution is -0.274. The summed E-state index contributed by atoms with van der Waals surface area (Å²) in [5.74, 6) is -1.25. The summed E-state index contributed by atoms with van der Waals surface area (Å²) in [6, 6.07) is 9.64. The number of piperazine rings is 1. The molecule has 0 bridgehead atoms. The summed E-state index contributed by atoms with van der Waals surface area (Å²) in [6.45, 7) is 0.893. The molecule has 190 valence electrons. The highest BCUT2D eigenvalue weighted by atomic mass is 32.2. The first-order chi connectivity index (χ1) is 17.1. The van der Waals surface area contributed by atoms with E-state index in [0.717, 1.165) is 0 Å². The summed E-state index contributed by atoms with van der Waals surface area (Å²) >= 11 is 2.58. The van der Waals surface area contributed by atoms with Crippen LogP contribution in [0.3, 0.4) is 0 Å². The van der Waals surface area contributed by atoms with Crippen LogP contribution >= 0.6 is 23.3 Å². The molecule has 1 aromatic heterocycles. The van der Waals surface area contributed by atoms with Crippen molar-refractivity contribution in [2.45, 2.75) is 11.4 Å². The van der Waals surface area contributed by atoms with Crippen molar-refractivity contribution in [2.75, 3.05) is 41.3 Å². The topological polar surface area (TPSA) is 104 Å². The summed E-state index contributed by atoms with van der Waals surface area (Å²) in [6.07, 6.45) is -4.78. The van der Waals surface area contributed by atoms with E-state index in [9.17, 15) is 22.8 Å². The van der Waals surface area contributed by atoms with Gasteiger partial charge in [-0.05, 0) is 42.5 Å². The zero-order valence-corrected chi connectivity index (χ0v) is 20.2. The number of carboxylic acids is 1. The molecule has 0 unspecified atom stereocenters. The first kappa shape index (κ1) is 25.4. The number of benzene rings is 2. The van der Waals surface area contributed by atoms with Crippen LogP contribution in [0, 0.1) is 0 Å². The van der Waals surface area contributed by atoms with Gasteiger partial charge >= 0.3 is 12.3 Å². The molecule has 1 saturated heterocycles. The van der Waals surface area contributed by atoms with Crippen molar-refractivity contribution in [3.05, 3.63) is 53.4 Å². The molecule has 14 heteroatoms. The molecule has 3 aromatic rings. The van der Waals surface area contributed by atoms with E-state index in [1.54, 1.807) is 6.07 Å². The average molecular weight is 541 g/mol. The van der Waals surface area contributed by atoms with E-state index >= 15 is 0 Å². The Bertz CT molecular complexity index is 1250. The molecule has 0 atom stereocenters. The number of aromatic carboxylic acids is 1. The van der Waals surface area contributed by atoms with Gasteiger partial charge in [-0.3, -0.25) is 4.79 Å². The first-order valence-corrected chi connectivity index (χ1v) is 12.0. The molecule has 36 heavy (non-hydrogen) atoms. The SMILES string of the molecule is COc1cc(C(=O)O)ccc1NSc1csc(N2CCN(c3ccc(OC(F)(F)F)cc3)C(=O)C2)n1. The highest BCUT2D eigenvalue weighted by Crippen LogP contribution is 2.33. The van der Waals surface area contributed by atoms with Crippen LogP contribution in [0.15, 0.2) is 52.9 Å². The van der Waals surface area contributed by atoms with Gasteiger partial charge in [0.1, 0.15) is 16.5 Å². The number of halogens is 3. The Kier molecular flexibility index (Phi) is 7.45. The number of carbonyl (C=O) groups is 2. The number of carboxylic acid groups (broad SMARTS) is 1. The van der Waals surface area contributed by atoms with Crippen molar-refractivity contribution in [1.82, 2.24) is 4.98 Å². The van der Waals surface area contributed by atoms with Crippen LogP contribution in [0.2, 0.25) is 0 Å². The molecule has 2 N–H and O–H groups in total. The van der Waals surface area contributed by atoms with E-state index in [2.05, 4.69) is 14.4 Å². The van der Waals surface area contributed by atoms with E-state index < -0.39 is 12.3 Å². The van der Waals surface area contributed by atoms with E-state index in [4.69, 9.17) is 9.84 Å². The van der Waals surface area contributed by atoms with Gasteiger partial charge in [0.05, 0.1) is 24.9 Å². The maximum atomic E-state index is 12.7. The monoisotopic (exact) mass is 540 g/mol. The van der Waals surface area contributed by atoms with Gasteiger partial charge in [-0.2, -0.15) is 0 Å². The second-order valence-electron chi connectivity index (χ2n) is 7.40. The van der Waals surface area contributed by atoms with Crippen molar-refractivity contribution in [3.63, 3.8) is 0 Å². The fraction of sp³-hybridized carbons (Fsp3) is 0.227. The van der Waals surface area contributed by atoms with Gasteiger partial charge < -0.3 is 29.1 Å². The number of methoxy groups -OCH3 is 1. The van der Waals surface area contributed by atoms with Crippen molar-refractivity contribution >= 4 is 51.7 Å². The average Bonchev–Trinajstić information content (AvgIpc) is 3.31. The fourth-order valence-corrected chi connectivity index (χ4v) is 5.02. The van der Waals surface area contributed by atoms with Crippen LogP contribution in [0.25, 0.3) is 0 Å². The number of thiazole rings is 1. The molecule has 1 aliphatic rings. The lowest BCUT2D eigenvalue weighted by atomic mass is 10.2. The minimum Gasteiger partial charge on any atom is -0.495 e. The third-order valence-corrected chi connectivity index (χ3v) is 6.85. The molecule has 2 heterocycles. The molecule has 4 rings (SSSR count). The Labute approximate surface area is 211 Å². The summed E-state index contributed by atoms with van der Waals surface area (Å²) in [4.78, 5) is 31.7. The highest BCUT2D eigenvalue weighted by molar-refractivity contribution is 8.00. The lowest BCUT2D eigenvalue weighted by Gasteiger charge is -2.34. The van der Waals surface area contributed by atoms with Crippen molar-refractivity contribution in [3.8, 4) is 11.5 Å². The largest absolute Gasteiger partial charge is 0.573 e. The van der Waals surface area contributed by atoms with Crippen LogP contribution in [0.4, 0.5) is 29.7 Å². The predicted molar refractivity (Wildman–Crippen MR) is 129 cm³/mol. The van der Waals surface area contributed by atoms with Crippen LogP contribution in [0.1, 0.15) is 10.4 Å². The number of hydrogen-bond acceptors (Lipinski definition) is 9. The van der Waals surface area contributed by atoms with Crippen molar-refractivity contribution in [1.29, 1.82) is 0 Å². The van der Waals surface area contributed by atoms with E-state index in [1.165, 1.54) is 71.7 Å². The number of alkyl halides is 3. The van der Waals surface area contributed by atoms with Gasteiger partial charge in [0.2, 0.25) is 5.91 Å². The van der Waals surface area contributed by atoms with E-state index in [1.807, 2.05) is 10.3 Å². The number of rotatable bonds is 8. The Balaban J connectivity index is 1.35. The van der Waals surface area contributed by atoms with Gasteiger partial charge in [-0.15, -0.1) is 24.5 Å². The second-order valence-corrected chi connectivity index (χ2v) is 9.06. The maximum absolute atomic E-state index is 12.7. The molecule has 0 aliphatic carbocycles. The number of carbonyl (C=O) groups excluding carboxylic acids is 1. The van der Waals surface area contributed by atoms with Gasteiger partial charge in [-0.25, -0.2) is 9.78 Å². The number of hydrogen-bond donors (Lipinski definition) is 2. The second kappa shape index (κ2) is 10.5. The maximum Gasteiger partial charge on any atom is 0.573 e. The van der Waals surface area contributed by atoms with Crippen LogP contribution < -0.4 is 24.0 Å². The zero-order chi connectivity index (χ0) is 25.9. The molecule has 1 amide bonds. The van der Waals surface area contributed by atoms with Crippen LogP contribution in [-0.2, 0) is 4.79 Å². The summed E-state index contributed by atoms with van der Waals surface area (Å²) in [5.41, 5.74) is 1.17. The third kappa shape index (κ3) is 6.12. The van der Waals surface area contributed by atoms with Crippen molar-refractivity contribution in [2.24, 2.45) is 0 Å². The van der Waals surface area contributed by atoms with Crippen molar-refractivity contribution < 1.29 is 37.3 Å². The molecule has 2 aromatic carbocycles. The number of amides is 1. The normalized spacial score (nSPS) is 14.1. The first-order valence-electron chi connectivity index (χ1n) is 10.3. The van der Waals surface area contributed by atoms with Gasteiger partial charge in [0, 0.05) is 36.1 Å². The summed E-state index contributed by atoms with van der Waals surface area (Å²) in [5, 5.41) is 12.2. The zero-order valence-electron chi connectivity index (χ0n) is 18.6. The molecule has 0 spiro atoms. The van der Waals surface area contributed by atoms with Gasteiger partial charge in [0.25, 0.3) is 0 Å². The van der Waals surface area contributed by atoms with Gasteiger partial charge in [0.15, 0.2) is 5.13 Å². The standard InChI is InChI=1S/C22H19F3N4O5S2/c1-33-17-10-13(20(31)32)2-7-16(17)27-36-18-12-35-21(26-18)28-8-9-29(19(30)11-28)14-3-5-15(6-4-14)34-22(23,24)25/h2-7,10,12,27H,8-9,11H2,1H3,(H,31,32). The highest BCUT2D eigenvalue weighted by Gasteiger charge is 2.31. The minimum atomic E-state index is -4.78. The number of nitrogens with zero attached hydrogens (tertiary/aromatic N) is 3. The third-order valence-electron chi connectivity index (χ3n) is 5.06. The molecule has 1 aliphatic heterocycles. The number of nitrogens with one attached hydrogen (secondary N) is 1. The summed E-state index contributed by atoms with van der Waals surface area (Å²) in [7, 11) is 1.44. The number of ether oxygens (including phenoxy) is 2. The minimum absolute atomic E-state index is 0.0658. The quantitative estimate of drug-likeness (QED) is 0.393. The lowest BCUT2D eigenvalue weighted by Crippen LogP contribution is -2.50. The molecule has 0 saturated carbocycles. The molecular formula is C22H19F3N4O5S2. The fourth-order valence-electron chi connectivity index (χ4n) is 3.40.